The van der Waals surface area contributed by atoms with E-state index < -0.39 is 10.0 Å². The predicted molar refractivity (Wildman–Crippen MR) is 112 cm³/mol. The molecule has 30 heavy (non-hydrogen) atoms. The Morgan fingerprint density at radius 2 is 1.90 bits per heavy atom. The van der Waals surface area contributed by atoms with Crippen LogP contribution in [0.25, 0.3) is 0 Å². The van der Waals surface area contributed by atoms with E-state index in [1.807, 2.05) is 6.07 Å². The standard InChI is InChI=1S/C20H16N6O3S/c1-2-10-29-17-8-6-15(7-9-17)24-19-14(12-21)13-23-20(26-19)25-16-4-3-5-18(11-16)30(22,27)28/h1,3-9,11,13H,10H2,(H2,22,27,28)(H2,23,24,25,26). The maximum absolute atomic E-state index is 11.5. The fourth-order valence-corrected chi connectivity index (χ4v) is 2.95. The zero-order chi connectivity index (χ0) is 21.6. The number of aromatic nitrogens is 2. The molecule has 0 saturated heterocycles. The van der Waals surface area contributed by atoms with Gasteiger partial charge < -0.3 is 15.4 Å². The molecule has 0 amide bonds. The molecule has 0 aliphatic rings. The van der Waals surface area contributed by atoms with E-state index in [0.717, 1.165) is 0 Å². The van der Waals surface area contributed by atoms with E-state index in [4.69, 9.17) is 16.3 Å². The van der Waals surface area contributed by atoms with E-state index in [1.54, 1.807) is 30.3 Å². The lowest BCUT2D eigenvalue weighted by atomic mass is 10.2. The summed E-state index contributed by atoms with van der Waals surface area (Å²) in [6, 6.07) is 14.9. The van der Waals surface area contributed by atoms with Gasteiger partial charge in [0.05, 0.1) is 11.1 Å². The Balaban J connectivity index is 1.82. The van der Waals surface area contributed by atoms with E-state index in [2.05, 4.69) is 26.5 Å². The molecule has 0 atom stereocenters. The van der Waals surface area contributed by atoms with Crippen LogP contribution < -0.4 is 20.5 Å². The van der Waals surface area contributed by atoms with Crippen LogP contribution in [0.1, 0.15) is 5.56 Å². The number of anilines is 4. The van der Waals surface area contributed by atoms with Crippen LogP contribution in [0.4, 0.5) is 23.1 Å². The number of rotatable bonds is 7. The monoisotopic (exact) mass is 420 g/mol. The van der Waals surface area contributed by atoms with Crippen LogP contribution in [0, 0.1) is 23.7 Å². The van der Waals surface area contributed by atoms with Crippen molar-refractivity contribution >= 4 is 33.2 Å². The van der Waals surface area contributed by atoms with Gasteiger partial charge in [-0.3, -0.25) is 0 Å². The molecule has 0 unspecified atom stereocenters. The molecule has 0 saturated carbocycles. The van der Waals surface area contributed by atoms with Gasteiger partial charge in [0.1, 0.15) is 24.0 Å². The lowest BCUT2D eigenvalue weighted by Gasteiger charge is -2.11. The van der Waals surface area contributed by atoms with Crippen molar-refractivity contribution < 1.29 is 13.2 Å². The topological polar surface area (TPSA) is 143 Å². The minimum atomic E-state index is -3.84. The fourth-order valence-electron chi connectivity index (χ4n) is 2.40. The van der Waals surface area contributed by atoms with Crippen molar-refractivity contribution in [3.05, 3.63) is 60.3 Å². The van der Waals surface area contributed by atoms with Crippen molar-refractivity contribution in [2.75, 3.05) is 17.2 Å². The van der Waals surface area contributed by atoms with Crippen LogP contribution in [-0.2, 0) is 10.0 Å². The highest BCUT2D eigenvalue weighted by Crippen LogP contribution is 2.23. The van der Waals surface area contributed by atoms with Gasteiger partial charge in [-0.15, -0.1) is 6.42 Å². The van der Waals surface area contributed by atoms with Crippen molar-refractivity contribution in [1.82, 2.24) is 9.97 Å². The summed E-state index contributed by atoms with van der Waals surface area (Å²) < 4.78 is 28.3. The number of hydrogen-bond donors (Lipinski definition) is 3. The van der Waals surface area contributed by atoms with Crippen molar-refractivity contribution in [3.63, 3.8) is 0 Å². The first-order valence-electron chi connectivity index (χ1n) is 8.49. The van der Waals surface area contributed by atoms with Gasteiger partial charge >= 0.3 is 0 Å². The summed E-state index contributed by atoms with van der Waals surface area (Å²) in [5.74, 6) is 3.43. The molecule has 0 radical (unpaired) electrons. The molecule has 1 heterocycles. The molecule has 1 aromatic heterocycles. The smallest absolute Gasteiger partial charge is 0.238 e. The van der Waals surface area contributed by atoms with Crippen LogP contribution in [0.15, 0.2) is 59.6 Å². The SMILES string of the molecule is C#CCOc1ccc(Nc2nc(Nc3cccc(S(N)(=O)=O)c3)ncc2C#N)cc1. The second kappa shape index (κ2) is 8.92. The number of nitriles is 1. The number of terminal acetylenes is 1. The highest BCUT2D eigenvalue weighted by Gasteiger charge is 2.11. The first-order valence-corrected chi connectivity index (χ1v) is 10.0. The minimum Gasteiger partial charge on any atom is -0.481 e. The number of ether oxygens (including phenoxy) is 1. The summed E-state index contributed by atoms with van der Waals surface area (Å²) in [7, 11) is -3.84. The highest BCUT2D eigenvalue weighted by molar-refractivity contribution is 7.89. The van der Waals surface area contributed by atoms with Crippen LogP contribution in [0.5, 0.6) is 5.75 Å². The third-order valence-electron chi connectivity index (χ3n) is 3.77. The summed E-state index contributed by atoms with van der Waals surface area (Å²) in [4.78, 5) is 8.34. The molecule has 0 bridgehead atoms. The van der Waals surface area contributed by atoms with Gasteiger partial charge in [0.2, 0.25) is 16.0 Å². The maximum Gasteiger partial charge on any atom is 0.238 e. The fraction of sp³-hybridized carbons (Fsp3) is 0.0500. The van der Waals surface area contributed by atoms with Gasteiger partial charge in [-0.25, -0.2) is 18.5 Å². The zero-order valence-corrected chi connectivity index (χ0v) is 16.3. The average Bonchev–Trinajstić information content (AvgIpc) is 2.73. The molecule has 3 rings (SSSR count). The van der Waals surface area contributed by atoms with Gasteiger partial charge in [0, 0.05) is 11.4 Å². The van der Waals surface area contributed by atoms with Crippen LogP contribution in [0.2, 0.25) is 0 Å². The Morgan fingerprint density at radius 3 is 2.57 bits per heavy atom. The molecular weight excluding hydrogens is 404 g/mol. The molecule has 3 aromatic rings. The van der Waals surface area contributed by atoms with Crippen molar-refractivity contribution in [3.8, 4) is 24.2 Å². The molecular formula is C20H16N6O3S. The molecule has 0 fully saturated rings. The lowest BCUT2D eigenvalue weighted by molar-refractivity contribution is 0.370. The number of primary sulfonamides is 1. The van der Waals surface area contributed by atoms with Crippen molar-refractivity contribution in [2.45, 2.75) is 4.90 Å². The first kappa shape index (κ1) is 20.6. The number of nitrogens with one attached hydrogen (secondary N) is 2. The first-order chi connectivity index (χ1) is 14.4. The number of sulfonamides is 1. The minimum absolute atomic E-state index is 0.0494. The molecule has 0 spiro atoms. The van der Waals surface area contributed by atoms with Gasteiger partial charge in [-0.05, 0) is 42.5 Å². The van der Waals surface area contributed by atoms with Crippen LogP contribution in [-0.4, -0.2) is 25.0 Å². The molecule has 150 valence electrons. The quantitative estimate of drug-likeness (QED) is 0.495. The second-order valence-corrected chi connectivity index (χ2v) is 7.47. The van der Waals surface area contributed by atoms with Crippen LogP contribution >= 0.6 is 0 Å². The highest BCUT2D eigenvalue weighted by atomic mass is 32.2. The van der Waals surface area contributed by atoms with Gasteiger partial charge in [0.25, 0.3) is 0 Å². The Labute approximate surface area is 173 Å². The van der Waals surface area contributed by atoms with Crippen LogP contribution in [0.3, 0.4) is 0 Å². The molecule has 2 aromatic carbocycles. The van der Waals surface area contributed by atoms with E-state index in [-0.39, 0.29) is 28.8 Å². The van der Waals surface area contributed by atoms with Gasteiger partial charge in [0.15, 0.2) is 5.82 Å². The van der Waals surface area contributed by atoms with Gasteiger partial charge in [-0.2, -0.15) is 10.2 Å². The number of benzene rings is 2. The Bertz CT molecular complexity index is 1240. The number of hydrogen-bond acceptors (Lipinski definition) is 8. The summed E-state index contributed by atoms with van der Waals surface area (Å²) in [5, 5.41) is 20.4. The van der Waals surface area contributed by atoms with E-state index >= 15 is 0 Å². The molecule has 4 N–H and O–H groups in total. The van der Waals surface area contributed by atoms with Gasteiger partial charge in [-0.1, -0.05) is 12.0 Å². The Hall–Kier alpha value is -4.12. The summed E-state index contributed by atoms with van der Waals surface area (Å²) in [5.41, 5.74) is 1.32. The number of nitrogens with two attached hydrogens (primary N) is 1. The molecule has 10 heteroatoms. The van der Waals surface area contributed by atoms with Crippen molar-refractivity contribution in [2.24, 2.45) is 5.14 Å². The third kappa shape index (κ3) is 5.23. The van der Waals surface area contributed by atoms with E-state index in [9.17, 15) is 13.7 Å². The largest absolute Gasteiger partial charge is 0.481 e. The normalized spacial score (nSPS) is 10.5. The Kier molecular flexibility index (Phi) is 6.13. The molecule has 0 aliphatic heterocycles. The van der Waals surface area contributed by atoms with E-state index in [1.165, 1.54) is 24.4 Å². The second-order valence-electron chi connectivity index (χ2n) is 5.91. The lowest BCUT2D eigenvalue weighted by Crippen LogP contribution is -2.12. The molecule has 0 aliphatic carbocycles. The summed E-state index contributed by atoms with van der Waals surface area (Å²) in [6.07, 6.45) is 6.52. The zero-order valence-electron chi connectivity index (χ0n) is 15.5. The average molecular weight is 420 g/mol. The molecule has 9 nitrogen and oxygen atoms in total. The Morgan fingerprint density at radius 1 is 1.13 bits per heavy atom. The summed E-state index contributed by atoms with van der Waals surface area (Å²) >= 11 is 0. The predicted octanol–water partition coefficient (Wildman–Crippen LogP) is 2.49. The maximum atomic E-state index is 11.5. The third-order valence-corrected chi connectivity index (χ3v) is 4.68. The van der Waals surface area contributed by atoms with E-state index in [0.29, 0.717) is 17.1 Å². The number of nitrogens with zero attached hydrogens (tertiary/aromatic N) is 3. The van der Waals surface area contributed by atoms with Crippen molar-refractivity contribution in [1.29, 1.82) is 5.26 Å². The summed E-state index contributed by atoms with van der Waals surface area (Å²) in [6.45, 7) is 0.166.